The second-order valence-corrected chi connectivity index (χ2v) is 7.39. The van der Waals surface area contributed by atoms with Crippen LogP contribution in [-0.4, -0.2) is 17.5 Å². The topological polar surface area (TPSA) is 51.2 Å². The van der Waals surface area contributed by atoms with Crippen molar-refractivity contribution in [2.45, 2.75) is 13.3 Å². The van der Waals surface area contributed by atoms with Gasteiger partial charge in [0.25, 0.3) is 5.91 Å². The van der Waals surface area contributed by atoms with Crippen molar-refractivity contribution in [3.8, 4) is 5.75 Å². The van der Waals surface area contributed by atoms with Gasteiger partial charge < -0.3 is 4.74 Å². The predicted octanol–water partition coefficient (Wildman–Crippen LogP) is 6.30. The lowest BCUT2D eigenvalue weighted by atomic mass is 10.2. The van der Waals surface area contributed by atoms with Gasteiger partial charge in [0.2, 0.25) is 0 Å². The summed E-state index contributed by atoms with van der Waals surface area (Å²) in [5.74, 6) is 0.316. The van der Waals surface area contributed by atoms with Crippen LogP contribution in [0.2, 0.25) is 15.1 Å². The maximum absolute atomic E-state index is 12.5. The number of aromatic nitrogens is 1. The van der Waals surface area contributed by atoms with Gasteiger partial charge in [-0.1, -0.05) is 53.1 Å². The third-order valence-electron chi connectivity index (χ3n) is 3.32. The maximum Gasteiger partial charge on any atom is 0.260 e. The van der Waals surface area contributed by atoms with E-state index in [-0.39, 0.29) is 20.6 Å². The molecule has 25 heavy (non-hydrogen) atoms. The van der Waals surface area contributed by atoms with Gasteiger partial charge in [0.1, 0.15) is 5.75 Å². The number of carbonyl (C=O) groups is 1. The van der Waals surface area contributed by atoms with Crippen LogP contribution < -0.4 is 10.1 Å². The van der Waals surface area contributed by atoms with Crippen molar-refractivity contribution in [3.63, 3.8) is 0 Å². The number of fused-ring (bicyclic) bond motifs is 1. The molecule has 0 spiro atoms. The van der Waals surface area contributed by atoms with Crippen LogP contribution in [-0.2, 0) is 0 Å². The Labute approximate surface area is 163 Å². The number of nitrogens with one attached hydrogen (secondary N) is 1. The molecular weight excluding hydrogens is 403 g/mol. The van der Waals surface area contributed by atoms with Gasteiger partial charge >= 0.3 is 0 Å². The van der Waals surface area contributed by atoms with Crippen molar-refractivity contribution < 1.29 is 9.53 Å². The number of hydrogen-bond acceptors (Lipinski definition) is 4. The first-order valence-electron chi connectivity index (χ1n) is 7.48. The molecule has 2 aromatic carbocycles. The fourth-order valence-corrected chi connectivity index (χ4v) is 3.75. The minimum Gasteiger partial charge on any atom is -0.494 e. The van der Waals surface area contributed by atoms with E-state index in [1.807, 2.05) is 25.1 Å². The Morgan fingerprint density at radius 3 is 2.72 bits per heavy atom. The lowest BCUT2D eigenvalue weighted by Gasteiger charge is -2.07. The highest BCUT2D eigenvalue weighted by molar-refractivity contribution is 7.22. The first-order valence-corrected chi connectivity index (χ1v) is 9.43. The van der Waals surface area contributed by atoms with Gasteiger partial charge in [-0.25, -0.2) is 4.98 Å². The monoisotopic (exact) mass is 414 g/mol. The average Bonchev–Trinajstić information content (AvgIpc) is 2.98. The summed E-state index contributed by atoms with van der Waals surface area (Å²) >= 11 is 19.5. The van der Waals surface area contributed by atoms with E-state index in [4.69, 9.17) is 39.5 Å². The molecule has 1 heterocycles. The van der Waals surface area contributed by atoms with Gasteiger partial charge in [-0.3, -0.25) is 10.1 Å². The molecule has 0 saturated heterocycles. The Kier molecular flexibility index (Phi) is 5.69. The van der Waals surface area contributed by atoms with Gasteiger partial charge in [-0.15, -0.1) is 0 Å². The molecule has 0 atom stereocenters. The molecule has 4 nitrogen and oxygen atoms in total. The first-order chi connectivity index (χ1) is 12.0. The lowest BCUT2D eigenvalue weighted by molar-refractivity contribution is 0.102. The highest BCUT2D eigenvalue weighted by Gasteiger charge is 2.19. The number of halogens is 3. The Hall–Kier alpha value is -1.53. The molecule has 1 aromatic heterocycles. The van der Waals surface area contributed by atoms with Crippen molar-refractivity contribution >= 4 is 67.4 Å². The van der Waals surface area contributed by atoms with E-state index in [2.05, 4.69) is 10.3 Å². The molecule has 3 rings (SSSR count). The van der Waals surface area contributed by atoms with Crippen molar-refractivity contribution in [2.24, 2.45) is 0 Å². The van der Waals surface area contributed by atoms with E-state index in [0.717, 1.165) is 22.4 Å². The standard InChI is InChI=1S/C17H13Cl3N2O2S/c1-2-7-24-9-3-6-12-13(8-9)25-17(21-12)22-16(23)14-10(18)4-5-11(19)15(14)20/h3-6,8H,2,7H2,1H3,(H,21,22,23). The zero-order valence-electron chi connectivity index (χ0n) is 13.1. The summed E-state index contributed by atoms with van der Waals surface area (Å²) in [6.45, 7) is 2.70. The summed E-state index contributed by atoms with van der Waals surface area (Å²) in [7, 11) is 0. The minimum atomic E-state index is -0.459. The summed E-state index contributed by atoms with van der Waals surface area (Å²) in [6, 6.07) is 8.68. The molecular formula is C17H13Cl3N2O2S. The molecule has 0 radical (unpaired) electrons. The third kappa shape index (κ3) is 4.01. The Morgan fingerprint density at radius 2 is 1.96 bits per heavy atom. The predicted molar refractivity (Wildman–Crippen MR) is 105 cm³/mol. The Balaban J connectivity index is 1.85. The van der Waals surface area contributed by atoms with Crippen LogP contribution in [0.1, 0.15) is 23.7 Å². The normalized spacial score (nSPS) is 10.9. The third-order valence-corrected chi connectivity index (χ3v) is 5.38. The summed E-state index contributed by atoms with van der Waals surface area (Å²) in [4.78, 5) is 16.9. The van der Waals surface area contributed by atoms with E-state index >= 15 is 0 Å². The second-order valence-electron chi connectivity index (χ2n) is 5.17. The Morgan fingerprint density at radius 1 is 1.20 bits per heavy atom. The second kappa shape index (κ2) is 7.79. The van der Waals surface area contributed by atoms with E-state index in [9.17, 15) is 4.79 Å². The van der Waals surface area contributed by atoms with Crippen LogP contribution in [0.5, 0.6) is 5.75 Å². The van der Waals surface area contributed by atoms with E-state index < -0.39 is 5.91 Å². The van der Waals surface area contributed by atoms with Crippen LogP contribution >= 0.6 is 46.1 Å². The van der Waals surface area contributed by atoms with Crippen molar-refractivity contribution in [2.75, 3.05) is 11.9 Å². The summed E-state index contributed by atoms with van der Waals surface area (Å²) in [5.41, 5.74) is 0.898. The molecule has 0 aliphatic heterocycles. The first kappa shape index (κ1) is 18.3. The number of nitrogens with zero attached hydrogens (tertiary/aromatic N) is 1. The summed E-state index contributed by atoms with van der Waals surface area (Å²) in [6.07, 6.45) is 0.934. The molecule has 0 fully saturated rings. The average molecular weight is 416 g/mol. The van der Waals surface area contributed by atoms with Gasteiger partial charge in [0.15, 0.2) is 5.13 Å². The number of thiazole rings is 1. The summed E-state index contributed by atoms with van der Waals surface area (Å²) < 4.78 is 6.52. The zero-order valence-corrected chi connectivity index (χ0v) is 16.2. The zero-order chi connectivity index (χ0) is 18.0. The molecule has 8 heteroatoms. The number of carbonyl (C=O) groups excluding carboxylic acids is 1. The van der Waals surface area contributed by atoms with E-state index in [0.29, 0.717) is 11.7 Å². The van der Waals surface area contributed by atoms with Crippen LogP contribution in [0.25, 0.3) is 10.2 Å². The van der Waals surface area contributed by atoms with Crippen molar-refractivity contribution in [3.05, 3.63) is 51.0 Å². The van der Waals surface area contributed by atoms with Crippen molar-refractivity contribution in [1.29, 1.82) is 0 Å². The molecule has 0 saturated carbocycles. The van der Waals surface area contributed by atoms with Crippen LogP contribution in [0.15, 0.2) is 30.3 Å². The molecule has 0 aliphatic carbocycles. The summed E-state index contributed by atoms with van der Waals surface area (Å²) in [5, 5.41) is 3.76. The number of ether oxygens (including phenoxy) is 1. The lowest BCUT2D eigenvalue weighted by Crippen LogP contribution is -2.13. The van der Waals surface area contributed by atoms with Crippen LogP contribution in [0.3, 0.4) is 0 Å². The number of benzene rings is 2. The van der Waals surface area contributed by atoms with Gasteiger partial charge in [0, 0.05) is 0 Å². The molecule has 130 valence electrons. The molecule has 1 N–H and O–H groups in total. The molecule has 1 amide bonds. The number of hydrogen-bond donors (Lipinski definition) is 1. The van der Waals surface area contributed by atoms with Gasteiger partial charge in [0.05, 0.1) is 37.5 Å². The highest BCUT2D eigenvalue weighted by Crippen LogP contribution is 2.33. The molecule has 0 unspecified atom stereocenters. The fourth-order valence-electron chi connectivity index (χ4n) is 2.16. The van der Waals surface area contributed by atoms with E-state index in [1.54, 1.807) is 6.07 Å². The van der Waals surface area contributed by atoms with Gasteiger partial charge in [-0.05, 0) is 36.8 Å². The quantitative estimate of drug-likeness (QED) is 0.498. The van der Waals surface area contributed by atoms with Crippen molar-refractivity contribution in [1.82, 2.24) is 4.98 Å². The number of rotatable bonds is 5. The highest BCUT2D eigenvalue weighted by atomic mass is 35.5. The molecule has 3 aromatic rings. The fraction of sp³-hybridized carbons (Fsp3) is 0.176. The molecule has 0 bridgehead atoms. The smallest absolute Gasteiger partial charge is 0.260 e. The maximum atomic E-state index is 12.5. The van der Waals surface area contributed by atoms with Crippen LogP contribution in [0.4, 0.5) is 5.13 Å². The molecule has 0 aliphatic rings. The number of anilines is 1. The van der Waals surface area contributed by atoms with E-state index in [1.165, 1.54) is 17.4 Å². The SMILES string of the molecule is CCCOc1ccc2nc(NC(=O)c3c(Cl)ccc(Cl)c3Cl)sc2c1. The van der Waals surface area contributed by atoms with Crippen LogP contribution in [0, 0.1) is 0 Å². The minimum absolute atomic E-state index is 0.114. The Bertz CT molecular complexity index is 943. The van der Waals surface area contributed by atoms with Gasteiger partial charge in [-0.2, -0.15) is 0 Å². The number of amides is 1. The largest absolute Gasteiger partial charge is 0.494 e.